The summed E-state index contributed by atoms with van der Waals surface area (Å²) < 4.78 is 30.6. The summed E-state index contributed by atoms with van der Waals surface area (Å²) in [5, 5.41) is 7.90. The third-order valence-corrected chi connectivity index (χ3v) is 7.21. The van der Waals surface area contributed by atoms with E-state index in [0.717, 1.165) is 5.56 Å². The summed E-state index contributed by atoms with van der Waals surface area (Å²) in [5.41, 5.74) is 6.60. The largest absolute Gasteiger partial charge is 0.382 e. The average Bonchev–Trinajstić information content (AvgIpc) is 3.31. The van der Waals surface area contributed by atoms with Crippen molar-refractivity contribution in [1.29, 1.82) is 0 Å². The van der Waals surface area contributed by atoms with Gasteiger partial charge in [-0.2, -0.15) is 13.4 Å². The fourth-order valence-corrected chi connectivity index (χ4v) is 5.12. The molecule has 12 heteroatoms. The number of amides is 1. The van der Waals surface area contributed by atoms with Gasteiger partial charge in [-0.25, -0.2) is 4.98 Å². The Bertz CT molecular complexity index is 1310. The monoisotopic (exact) mass is 510 g/mol. The number of primary amides is 1. The summed E-state index contributed by atoms with van der Waals surface area (Å²) in [6, 6.07) is 16.6. The highest BCUT2D eigenvalue weighted by atomic mass is 32.2. The molecule has 11 nitrogen and oxygen atoms in total. The van der Waals surface area contributed by atoms with Gasteiger partial charge in [0.2, 0.25) is 5.95 Å². The van der Waals surface area contributed by atoms with E-state index in [-0.39, 0.29) is 29.1 Å². The molecule has 2 heterocycles. The van der Waals surface area contributed by atoms with E-state index in [1.165, 1.54) is 18.3 Å². The van der Waals surface area contributed by atoms with E-state index >= 15 is 0 Å². The van der Waals surface area contributed by atoms with Gasteiger partial charge in [0.15, 0.2) is 5.25 Å². The van der Waals surface area contributed by atoms with Crippen molar-refractivity contribution in [3.8, 4) is 5.75 Å². The Hall–Kier alpha value is -4.03. The quantitative estimate of drug-likeness (QED) is 0.218. The normalized spacial score (nSPS) is 18.2. The summed E-state index contributed by atoms with van der Waals surface area (Å²) in [6.45, 7) is 0.786. The topological polar surface area (TPSA) is 165 Å². The van der Waals surface area contributed by atoms with Crippen LogP contribution in [0.25, 0.3) is 0 Å². The van der Waals surface area contributed by atoms with Crippen molar-refractivity contribution >= 4 is 34.1 Å². The lowest BCUT2D eigenvalue weighted by Crippen LogP contribution is -2.43. The van der Waals surface area contributed by atoms with Gasteiger partial charge in [0.25, 0.3) is 5.91 Å². The Labute approximate surface area is 208 Å². The summed E-state index contributed by atoms with van der Waals surface area (Å²) in [5.74, 6) is -0.0299. The van der Waals surface area contributed by atoms with Crippen LogP contribution in [0.1, 0.15) is 22.3 Å². The number of carbonyl (C=O) groups excluding carboxylic acids is 2. The molecule has 0 saturated carbocycles. The number of nitrogens with two attached hydrogens (primary N) is 1. The first-order valence-electron chi connectivity index (χ1n) is 11.2. The fraction of sp³-hybridized carbons (Fsp3) is 0.250. The van der Waals surface area contributed by atoms with Crippen LogP contribution in [0.2, 0.25) is 0 Å². The Balaban J connectivity index is 1.42. The molecule has 5 N–H and O–H groups in total. The van der Waals surface area contributed by atoms with Crippen LogP contribution in [0.4, 0.5) is 11.8 Å². The number of para-hydroxylation sites is 1. The van der Waals surface area contributed by atoms with Crippen molar-refractivity contribution in [2.75, 3.05) is 17.2 Å². The highest BCUT2D eigenvalue weighted by Gasteiger charge is 2.40. The summed E-state index contributed by atoms with van der Waals surface area (Å²) in [4.78, 5) is 32.1. The second-order valence-corrected chi connectivity index (χ2v) is 9.94. The van der Waals surface area contributed by atoms with Gasteiger partial charge in [0.05, 0.1) is 5.56 Å². The van der Waals surface area contributed by atoms with Gasteiger partial charge < -0.3 is 30.7 Å². The third-order valence-electron chi connectivity index (χ3n) is 5.67. The van der Waals surface area contributed by atoms with Crippen LogP contribution >= 0.6 is 0 Å². The lowest BCUT2D eigenvalue weighted by Gasteiger charge is -2.19. The van der Waals surface area contributed by atoms with Gasteiger partial charge in [-0.3, -0.25) is 4.79 Å². The highest BCUT2D eigenvalue weighted by Crippen LogP contribution is 2.22. The molecule has 1 saturated heterocycles. The molecule has 0 radical (unpaired) electrons. The van der Waals surface area contributed by atoms with E-state index < -0.39 is 27.3 Å². The molecule has 188 valence electrons. The van der Waals surface area contributed by atoms with Gasteiger partial charge in [0.1, 0.15) is 17.9 Å². The zero-order valence-corrected chi connectivity index (χ0v) is 20.0. The van der Waals surface area contributed by atoms with Crippen LogP contribution in [0.15, 0.2) is 66.9 Å². The number of aldehydes is 1. The van der Waals surface area contributed by atoms with Gasteiger partial charge in [-0.15, -0.1) is 0 Å². The standard InChI is InChI=1S/C24H26N6O5S/c25-22(32)19-14-28-24(30-23(19)27-12-16-7-3-1-4-8-16)29-17-11-20(26-13-17)21(15-31)36(33,34)35-18-9-5-2-6-10-18/h1-10,14-15,17,20-21,26H,11-13H2,(H2,25,32)(H2,27,28,29,30). The molecule has 2 aromatic carbocycles. The average molecular weight is 511 g/mol. The molecule has 1 aliphatic rings. The van der Waals surface area contributed by atoms with E-state index in [2.05, 4.69) is 25.9 Å². The van der Waals surface area contributed by atoms with Crippen molar-refractivity contribution < 1.29 is 22.2 Å². The van der Waals surface area contributed by atoms with Crippen LogP contribution in [-0.4, -0.2) is 54.5 Å². The maximum Gasteiger partial charge on any atom is 0.320 e. The van der Waals surface area contributed by atoms with E-state index in [1.54, 1.807) is 18.2 Å². The predicted molar refractivity (Wildman–Crippen MR) is 134 cm³/mol. The molecule has 1 fully saturated rings. The van der Waals surface area contributed by atoms with E-state index in [1.807, 2.05) is 30.3 Å². The van der Waals surface area contributed by atoms with Crippen molar-refractivity contribution in [3.05, 3.63) is 78.0 Å². The molecule has 3 aromatic rings. The van der Waals surface area contributed by atoms with E-state index in [4.69, 9.17) is 9.92 Å². The molecule has 3 atom stereocenters. The molecule has 1 aromatic heterocycles. The number of carbonyl (C=O) groups is 2. The smallest absolute Gasteiger partial charge is 0.320 e. The lowest BCUT2D eigenvalue weighted by atomic mass is 10.1. The zero-order chi connectivity index (χ0) is 25.5. The summed E-state index contributed by atoms with van der Waals surface area (Å²) >= 11 is 0. The van der Waals surface area contributed by atoms with Gasteiger partial charge in [-0.05, 0) is 24.1 Å². The van der Waals surface area contributed by atoms with Crippen molar-refractivity contribution in [1.82, 2.24) is 15.3 Å². The van der Waals surface area contributed by atoms with Crippen LogP contribution in [-0.2, 0) is 21.5 Å². The second-order valence-electron chi connectivity index (χ2n) is 8.24. The van der Waals surface area contributed by atoms with E-state index in [0.29, 0.717) is 25.8 Å². The minimum atomic E-state index is -4.21. The Kier molecular flexibility index (Phi) is 7.76. The highest BCUT2D eigenvalue weighted by molar-refractivity contribution is 7.88. The number of hydrogen-bond acceptors (Lipinski definition) is 10. The number of aromatic nitrogens is 2. The molecule has 0 aliphatic carbocycles. The minimum absolute atomic E-state index is 0.135. The first-order valence-corrected chi connectivity index (χ1v) is 12.7. The zero-order valence-electron chi connectivity index (χ0n) is 19.2. The van der Waals surface area contributed by atoms with Gasteiger partial charge in [-0.1, -0.05) is 48.5 Å². The molecule has 3 unspecified atom stereocenters. The molecule has 36 heavy (non-hydrogen) atoms. The number of benzene rings is 2. The molecule has 1 aliphatic heterocycles. The SMILES string of the molecule is NC(=O)c1cnc(NC2CNC(C(C=O)S(=O)(=O)Oc3ccccc3)C2)nc1NCc1ccccc1. The maximum atomic E-state index is 12.7. The fourth-order valence-electron chi connectivity index (χ4n) is 3.89. The lowest BCUT2D eigenvalue weighted by molar-refractivity contribution is -0.107. The van der Waals surface area contributed by atoms with Gasteiger partial charge >= 0.3 is 10.1 Å². The number of anilines is 2. The molecule has 0 bridgehead atoms. The molecule has 1 amide bonds. The van der Waals surface area contributed by atoms with Crippen molar-refractivity contribution in [3.63, 3.8) is 0 Å². The first kappa shape index (κ1) is 25.1. The molecule has 0 spiro atoms. The van der Waals surface area contributed by atoms with Crippen LogP contribution in [0.3, 0.4) is 0 Å². The number of rotatable bonds is 11. The molecular weight excluding hydrogens is 484 g/mol. The predicted octanol–water partition coefficient (Wildman–Crippen LogP) is 1.31. The third kappa shape index (κ3) is 6.15. The Morgan fingerprint density at radius 2 is 1.86 bits per heavy atom. The Morgan fingerprint density at radius 1 is 1.17 bits per heavy atom. The summed E-state index contributed by atoms with van der Waals surface area (Å²) in [6.07, 6.45) is 2.01. The first-order chi connectivity index (χ1) is 17.4. The summed E-state index contributed by atoms with van der Waals surface area (Å²) in [7, 11) is -4.21. The Morgan fingerprint density at radius 3 is 2.53 bits per heavy atom. The van der Waals surface area contributed by atoms with Crippen LogP contribution in [0.5, 0.6) is 5.75 Å². The minimum Gasteiger partial charge on any atom is -0.382 e. The van der Waals surface area contributed by atoms with Crippen LogP contribution < -0.4 is 25.9 Å². The number of nitrogens with one attached hydrogen (secondary N) is 3. The number of nitrogens with zero attached hydrogens (tertiary/aromatic N) is 2. The van der Waals surface area contributed by atoms with Crippen molar-refractivity contribution in [2.45, 2.75) is 30.3 Å². The second kappa shape index (κ2) is 11.1. The maximum absolute atomic E-state index is 12.7. The van der Waals surface area contributed by atoms with Crippen molar-refractivity contribution in [2.24, 2.45) is 5.73 Å². The van der Waals surface area contributed by atoms with Gasteiger partial charge in [0, 0.05) is 31.4 Å². The number of hydrogen-bond donors (Lipinski definition) is 4. The van der Waals surface area contributed by atoms with E-state index in [9.17, 15) is 18.0 Å². The molecular formula is C24H26N6O5S. The van der Waals surface area contributed by atoms with Crippen LogP contribution in [0, 0.1) is 0 Å². The molecule has 4 rings (SSSR count).